The van der Waals surface area contributed by atoms with Gasteiger partial charge in [0.05, 0.1) is 31.0 Å². The highest BCUT2D eigenvalue weighted by Gasteiger charge is 2.37. The number of likely N-dealkylation sites (N-methyl/N-ethyl adjacent to an activating group) is 1. The highest BCUT2D eigenvalue weighted by atomic mass is 16.2. The van der Waals surface area contributed by atoms with Crippen LogP contribution in [0.1, 0.15) is 16.7 Å². The normalized spacial score (nSPS) is 18.0. The van der Waals surface area contributed by atoms with E-state index in [0.29, 0.717) is 23.6 Å². The van der Waals surface area contributed by atoms with E-state index in [-0.39, 0.29) is 24.9 Å². The number of amides is 4. The zero-order valence-electron chi connectivity index (χ0n) is 24.0. The largest absolute Gasteiger partial charge is 0.324 e. The van der Waals surface area contributed by atoms with Crippen molar-refractivity contribution in [3.63, 3.8) is 0 Å². The second kappa shape index (κ2) is 12.5. The summed E-state index contributed by atoms with van der Waals surface area (Å²) in [6, 6.07) is 21.5. The molecule has 3 aromatic carbocycles. The van der Waals surface area contributed by atoms with E-state index in [1.165, 1.54) is 0 Å². The Labute approximate surface area is 241 Å². The molecule has 1 saturated heterocycles. The van der Waals surface area contributed by atoms with Gasteiger partial charge in [-0.2, -0.15) is 0 Å². The molecule has 0 spiro atoms. The predicted octanol–water partition coefficient (Wildman–Crippen LogP) is 3.62. The quantitative estimate of drug-likeness (QED) is 0.486. The molecule has 3 aromatic rings. The van der Waals surface area contributed by atoms with Gasteiger partial charge in [-0.25, -0.2) is 4.79 Å². The fourth-order valence-electron chi connectivity index (χ4n) is 5.38. The van der Waals surface area contributed by atoms with E-state index < -0.39 is 12.1 Å². The summed E-state index contributed by atoms with van der Waals surface area (Å²) in [4.78, 5) is 49.0. The van der Waals surface area contributed by atoms with Crippen LogP contribution in [-0.2, 0) is 16.1 Å². The van der Waals surface area contributed by atoms with Gasteiger partial charge in [0.25, 0.3) is 5.91 Å². The van der Waals surface area contributed by atoms with E-state index in [0.717, 1.165) is 42.9 Å². The lowest BCUT2D eigenvalue weighted by Gasteiger charge is -2.33. The molecule has 9 heteroatoms. The molecule has 1 atom stereocenters. The molecular formula is C32H38N6O3. The molecule has 9 nitrogen and oxygen atoms in total. The first-order valence-corrected chi connectivity index (χ1v) is 14.1. The lowest BCUT2D eigenvalue weighted by Crippen LogP contribution is -2.55. The average molecular weight is 555 g/mol. The summed E-state index contributed by atoms with van der Waals surface area (Å²) >= 11 is 0. The minimum Gasteiger partial charge on any atom is -0.324 e. The summed E-state index contributed by atoms with van der Waals surface area (Å²) in [5.41, 5.74) is 5.01. The summed E-state index contributed by atoms with van der Waals surface area (Å²) in [5.74, 6) is -0.367. The van der Waals surface area contributed by atoms with Crippen LogP contribution in [-0.4, -0.2) is 80.0 Å². The van der Waals surface area contributed by atoms with Gasteiger partial charge in [0.15, 0.2) is 0 Å². The Balaban J connectivity index is 1.46. The van der Waals surface area contributed by atoms with Crippen LogP contribution >= 0.6 is 0 Å². The van der Waals surface area contributed by atoms with Gasteiger partial charge in [0.1, 0.15) is 6.04 Å². The first-order valence-electron chi connectivity index (χ1n) is 14.1. The number of hydrogen-bond donors (Lipinski definition) is 2. The SMILES string of the molecule is Cc1cccc(NC(=O)NC2CN(C(=O)CN3CCN(C)CC3)c3ccccc3N(Cc3ccccc3C)C2=O)c1. The Morgan fingerprint density at radius 2 is 1.59 bits per heavy atom. The number of carbonyl (C=O) groups excluding carboxylic acids is 3. The molecule has 214 valence electrons. The number of piperazine rings is 1. The third kappa shape index (κ3) is 6.75. The average Bonchev–Trinajstić information content (AvgIpc) is 3.06. The van der Waals surface area contributed by atoms with Crippen molar-refractivity contribution in [2.24, 2.45) is 0 Å². The van der Waals surface area contributed by atoms with Crippen molar-refractivity contribution >= 4 is 34.9 Å². The van der Waals surface area contributed by atoms with Crippen LogP contribution in [0, 0.1) is 13.8 Å². The third-order valence-electron chi connectivity index (χ3n) is 7.82. The molecular weight excluding hydrogens is 516 g/mol. The van der Waals surface area contributed by atoms with Gasteiger partial charge < -0.3 is 25.3 Å². The van der Waals surface area contributed by atoms with Gasteiger partial charge in [-0.05, 0) is 61.9 Å². The molecule has 0 bridgehead atoms. The first kappa shape index (κ1) is 28.3. The number of nitrogens with zero attached hydrogens (tertiary/aromatic N) is 4. The van der Waals surface area contributed by atoms with Crippen LogP contribution in [0.4, 0.5) is 21.9 Å². The number of nitrogens with one attached hydrogen (secondary N) is 2. The van der Waals surface area contributed by atoms with E-state index in [4.69, 9.17) is 0 Å². The number of hydrogen-bond acceptors (Lipinski definition) is 5. The maximum Gasteiger partial charge on any atom is 0.319 e. The number of rotatable bonds is 6. The maximum atomic E-state index is 14.2. The summed E-state index contributed by atoms with van der Waals surface area (Å²) in [5, 5.41) is 5.72. The van der Waals surface area contributed by atoms with Crippen molar-refractivity contribution in [1.82, 2.24) is 15.1 Å². The van der Waals surface area contributed by atoms with Gasteiger partial charge in [-0.1, -0.05) is 48.5 Å². The van der Waals surface area contributed by atoms with Crippen molar-refractivity contribution in [2.75, 3.05) is 61.4 Å². The zero-order valence-corrected chi connectivity index (χ0v) is 24.0. The Bertz CT molecular complexity index is 1420. The van der Waals surface area contributed by atoms with Crippen LogP contribution in [0.25, 0.3) is 0 Å². The van der Waals surface area contributed by atoms with Crippen molar-refractivity contribution in [3.05, 3.63) is 89.5 Å². The molecule has 0 aliphatic carbocycles. The van der Waals surface area contributed by atoms with Gasteiger partial charge in [-0.15, -0.1) is 0 Å². The number of anilines is 3. The second-order valence-electron chi connectivity index (χ2n) is 10.9. The molecule has 2 N–H and O–H groups in total. The number of urea groups is 1. The van der Waals surface area contributed by atoms with Crippen LogP contribution in [0.5, 0.6) is 0 Å². The lowest BCUT2D eigenvalue weighted by atomic mass is 10.1. The van der Waals surface area contributed by atoms with Gasteiger partial charge in [-0.3, -0.25) is 14.5 Å². The minimum absolute atomic E-state index is 0.0356. The molecule has 4 amide bonds. The van der Waals surface area contributed by atoms with Gasteiger partial charge in [0.2, 0.25) is 5.91 Å². The molecule has 2 aliphatic heterocycles. The topological polar surface area (TPSA) is 88.2 Å². The van der Waals surface area contributed by atoms with Crippen molar-refractivity contribution < 1.29 is 14.4 Å². The van der Waals surface area contributed by atoms with E-state index in [1.54, 1.807) is 15.9 Å². The summed E-state index contributed by atoms with van der Waals surface area (Å²) in [6.07, 6.45) is 0. The Hall–Kier alpha value is -4.21. The minimum atomic E-state index is -0.951. The lowest BCUT2D eigenvalue weighted by molar-refractivity contribution is -0.121. The molecule has 41 heavy (non-hydrogen) atoms. The summed E-state index contributed by atoms with van der Waals surface area (Å²) < 4.78 is 0. The highest BCUT2D eigenvalue weighted by molar-refractivity contribution is 6.08. The maximum absolute atomic E-state index is 14.2. The Morgan fingerprint density at radius 3 is 2.32 bits per heavy atom. The fraction of sp³-hybridized carbons (Fsp3) is 0.344. The monoisotopic (exact) mass is 554 g/mol. The van der Waals surface area contributed by atoms with E-state index in [2.05, 4.69) is 27.5 Å². The summed E-state index contributed by atoms with van der Waals surface area (Å²) in [7, 11) is 2.08. The van der Waals surface area contributed by atoms with Crippen LogP contribution in [0.2, 0.25) is 0 Å². The smallest absolute Gasteiger partial charge is 0.319 e. The second-order valence-corrected chi connectivity index (χ2v) is 10.9. The van der Waals surface area contributed by atoms with Crippen molar-refractivity contribution in [2.45, 2.75) is 26.4 Å². The molecule has 0 aromatic heterocycles. The molecule has 2 aliphatic rings. The number of fused-ring (bicyclic) bond motifs is 1. The zero-order chi connectivity index (χ0) is 28.9. The molecule has 1 fully saturated rings. The number of benzene rings is 3. The number of carbonyl (C=O) groups is 3. The molecule has 5 rings (SSSR count). The van der Waals surface area contributed by atoms with Crippen molar-refractivity contribution in [3.8, 4) is 0 Å². The molecule has 2 heterocycles. The van der Waals surface area contributed by atoms with E-state index >= 15 is 0 Å². The van der Waals surface area contributed by atoms with Gasteiger partial charge >= 0.3 is 6.03 Å². The molecule has 1 unspecified atom stereocenters. The Morgan fingerprint density at radius 1 is 0.878 bits per heavy atom. The van der Waals surface area contributed by atoms with Crippen LogP contribution in [0.15, 0.2) is 72.8 Å². The Kier molecular flexibility index (Phi) is 8.66. The van der Waals surface area contributed by atoms with Crippen LogP contribution in [0.3, 0.4) is 0 Å². The molecule has 0 radical (unpaired) electrons. The number of para-hydroxylation sites is 2. The third-order valence-corrected chi connectivity index (χ3v) is 7.82. The summed E-state index contributed by atoms with van der Waals surface area (Å²) in [6.45, 7) is 7.97. The predicted molar refractivity (Wildman–Crippen MR) is 162 cm³/mol. The van der Waals surface area contributed by atoms with E-state index in [9.17, 15) is 14.4 Å². The van der Waals surface area contributed by atoms with Gasteiger partial charge in [0, 0.05) is 31.9 Å². The number of aryl methyl sites for hydroxylation is 2. The first-order chi connectivity index (χ1) is 19.8. The van der Waals surface area contributed by atoms with E-state index in [1.807, 2.05) is 80.6 Å². The highest BCUT2D eigenvalue weighted by Crippen LogP contribution is 2.34. The van der Waals surface area contributed by atoms with Crippen LogP contribution < -0.4 is 20.4 Å². The molecule has 0 saturated carbocycles. The van der Waals surface area contributed by atoms with Crippen molar-refractivity contribution in [1.29, 1.82) is 0 Å². The standard InChI is InChI=1S/C32H38N6O3/c1-23-9-8-12-26(19-23)33-32(41)34-27-21-37(30(39)22-36-17-15-35(3)16-18-36)28-13-6-7-14-29(28)38(31(27)40)20-25-11-5-4-10-24(25)2/h4-14,19,27H,15-18,20-22H2,1-3H3,(H2,33,34,41). The fourth-order valence-corrected chi connectivity index (χ4v) is 5.38.